The summed E-state index contributed by atoms with van der Waals surface area (Å²) in [6.45, 7) is 2.95. The lowest BCUT2D eigenvalue weighted by Gasteiger charge is -2.14. The van der Waals surface area contributed by atoms with Crippen molar-refractivity contribution in [3.05, 3.63) is 64.1 Å². The van der Waals surface area contributed by atoms with Crippen molar-refractivity contribution in [1.82, 2.24) is 9.88 Å². The Bertz CT molecular complexity index is 807. The number of aryl methyl sites for hydroxylation is 1. The minimum atomic E-state index is -0.426. The zero-order chi connectivity index (χ0) is 17.9. The molecule has 1 aromatic carbocycles. The first-order valence-electron chi connectivity index (χ1n) is 8.42. The van der Waals surface area contributed by atoms with Crippen molar-refractivity contribution in [2.24, 2.45) is 5.41 Å². The maximum atomic E-state index is 12.5. The van der Waals surface area contributed by atoms with Crippen molar-refractivity contribution in [1.29, 1.82) is 0 Å². The molecule has 1 aromatic heterocycles. The van der Waals surface area contributed by atoms with Gasteiger partial charge in [-0.1, -0.05) is 29.8 Å². The van der Waals surface area contributed by atoms with Crippen LogP contribution in [0.4, 0.5) is 10.5 Å². The summed E-state index contributed by atoms with van der Waals surface area (Å²) in [6.07, 6.45) is 3.53. The lowest BCUT2D eigenvalue weighted by atomic mass is 10.1. The monoisotopic (exact) mass is 341 g/mol. The summed E-state index contributed by atoms with van der Waals surface area (Å²) in [5.41, 5.74) is 2.01. The Balaban J connectivity index is 1.65. The molecule has 1 fully saturated rings. The molecule has 2 aromatic rings. The molecular weight excluding hydrogens is 318 g/mol. The second-order valence-electron chi connectivity index (χ2n) is 6.81. The van der Waals surface area contributed by atoms with Gasteiger partial charge in [0.15, 0.2) is 0 Å². The average Bonchev–Trinajstić information content (AvgIpc) is 3.39. The van der Waals surface area contributed by atoms with Crippen LogP contribution >= 0.6 is 0 Å². The van der Waals surface area contributed by atoms with Gasteiger partial charge in [0.05, 0.1) is 13.2 Å². The number of carbonyl (C=O) groups excluding carboxylic acids is 1. The van der Waals surface area contributed by atoms with Crippen LogP contribution < -0.4 is 16.2 Å². The van der Waals surface area contributed by atoms with Crippen LogP contribution in [0.3, 0.4) is 0 Å². The first-order valence-corrected chi connectivity index (χ1v) is 8.42. The van der Waals surface area contributed by atoms with E-state index in [1.54, 1.807) is 22.9 Å². The number of benzene rings is 1. The molecule has 0 atom stereocenters. The van der Waals surface area contributed by atoms with Crippen LogP contribution in [-0.2, 0) is 6.54 Å². The molecule has 0 spiro atoms. The number of urea groups is 1. The number of aromatic nitrogens is 1. The van der Waals surface area contributed by atoms with Crippen molar-refractivity contribution in [2.45, 2.75) is 26.3 Å². The first kappa shape index (κ1) is 17.2. The molecule has 0 bridgehead atoms. The van der Waals surface area contributed by atoms with Gasteiger partial charge in [-0.05, 0) is 37.5 Å². The predicted octanol–water partition coefficient (Wildman–Crippen LogP) is 2.10. The van der Waals surface area contributed by atoms with Crippen LogP contribution in [0.25, 0.3) is 0 Å². The summed E-state index contributed by atoms with van der Waals surface area (Å²) >= 11 is 0. The quantitative estimate of drug-likeness (QED) is 0.752. The highest BCUT2D eigenvalue weighted by Crippen LogP contribution is 2.44. The summed E-state index contributed by atoms with van der Waals surface area (Å²) < 4.78 is 1.57. The van der Waals surface area contributed by atoms with Crippen LogP contribution in [0, 0.1) is 12.3 Å². The molecule has 6 nitrogen and oxygen atoms in total. The molecule has 0 radical (unpaired) electrons. The fraction of sp³-hybridized carbons (Fsp3) is 0.368. The third-order valence-electron chi connectivity index (χ3n) is 4.66. The lowest BCUT2D eigenvalue weighted by molar-refractivity contribution is 0.206. The second kappa shape index (κ2) is 7.11. The molecule has 1 heterocycles. The number of hydrogen-bond acceptors (Lipinski definition) is 3. The highest BCUT2D eigenvalue weighted by molar-refractivity contribution is 5.89. The van der Waals surface area contributed by atoms with Gasteiger partial charge in [0.25, 0.3) is 5.56 Å². The molecule has 1 aliphatic carbocycles. The molecular formula is C19H23N3O3. The number of nitrogens with zero attached hydrogens (tertiary/aromatic N) is 1. The number of carbonyl (C=O) groups is 1. The molecule has 0 aliphatic heterocycles. The van der Waals surface area contributed by atoms with E-state index in [9.17, 15) is 14.7 Å². The fourth-order valence-electron chi connectivity index (χ4n) is 2.65. The summed E-state index contributed by atoms with van der Waals surface area (Å²) in [5, 5.41) is 14.6. The Hall–Kier alpha value is -2.60. The van der Waals surface area contributed by atoms with Gasteiger partial charge >= 0.3 is 6.03 Å². The molecule has 6 heteroatoms. The van der Waals surface area contributed by atoms with Gasteiger partial charge in [0.2, 0.25) is 0 Å². The van der Waals surface area contributed by atoms with E-state index in [4.69, 9.17) is 0 Å². The molecule has 0 unspecified atom stereocenters. The van der Waals surface area contributed by atoms with E-state index in [0.29, 0.717) is 13.1 Å². The predicted molar refractivity (Wildman–Crippen MR) is 96.8 cm³/mol. The van der Waals surface area contributed by atoms with Crippen LogP contribution in [0.15, 0.2) is 47.4 Å². The van der Waals surface area contributed by atoms with E-state index in [1.807, 2.05) is 31.2 Å². The topological polar surface area (TPSA) is 83.4 Å². The number of aliphatic hydroxyl groups is 1. The molecule has 1 saturated carbocycles. The summed E-state index contributed by atoms with van der Waals surface area (Å²) in [6, 6.07) is 10.9. The van der Waals surface area contributed by atoms with E-state index in [1.165, 1.54) is 5.56 Å². The van der Waals surface area contributed by atoms with Crippen molar-refractivity contribution >= 4 is 11.7 Å². The van der Waals surface area contributed by atoms with Gasteiger partial charge < -0.3 is 20.3 Å². The molecule has 0 saturated heterocycles. The largest absolute Gasteiger partial charge is 0.396 e. The molecule has 1 aliphatic rings. The van der Waals surface area contributed by atoms with Gasteiger partial charge in [-0.25, -0.2) is 4.79 Å². The number of rotatable bonds is 6. The van der Waals surface area contributed by atoms with Gasteiger partial charge in [-0.15, -0.1) is 0 Å². The minimum absolute atomic E-state index is 0.0714. The second-order valence-corrected chi connectivity index (χ2v) is 6.81. The van der Waals surface area contributed by atoms with Crippen molar-refractivity contribution in [3.8, 4) is 0 Å². The Morgan fingerprint density at radius 3 is 2.60 bits per heavy atom. The first-order chi connectivity index (χ1) is 12.0. The van der Waals surface area contributed by atoms with Gasteiger partial charge in [-0.3, -0.25) is 4.79 Å². The molecule has 25 heavy (non-hydrogen) atoms. The van der Waals surface area contributed by atoms with Crippen LogP contribution in [0.5, 0.6) is 0 Å². The highest BCUT2D eigenvalue weighted by atomic mass is 16.3. The van der Waals surface area contributed by atoms with E-state index in [2.05, 4.69) is 10.6 Å². The number of aliphatic hydroxyl groups excluding tert-OH is 1. The molecule has 3 N–H and O–H groups in total. The normalized spacial score (nSPS) is 14.8. The maximum absolute atomic E-state index is 12.5. The molecule has 2 amide bonds. The zero-order valence-corrected chi connectivity index (χ0v) is 14.3. The zero-order valence-electron chi connectivity index (χ0n) is 14.3. The van der Waals surface area contributed by atoms with Crippen molar-refractivity contribution < 1.29 is 9.90 Å². The molecule has 132 valence electrons. The third kappa shape index (κ3) is 4.28. The number of pyridine rings is 1. The summed E-state index contributed by atoms with van der Waals surface area (Å²) in [4.78, 5) is 24.5. The van der Waals surface area contributed by atoms with Crippen molar-refractivity contribution in [2.75, 3.05) is 18.5 Å². The number of anilines is 1. The highest BCUT2D eigenvalue weighted by Gasteiger charge is 2.42. The Morgan fingerprint density at radius 2 is 1.96 bits per heavy atom. The van der Waals surface area contributed by atoms with Gasteiger partial charge in [0, 0.05) is 18.2 Å². The number of amides is 2. The van der Waals surface area contributed by atoms with Crippen molar-refractivity contribution in [3.63, 3.8) is 0 Å². The van der Waals surface area contributed by atoms with Crippen LogP contribution in [-0.4, -0.2) is 28.9 Å². The van der Waals surface area contributed by atoms with E-state index < -0.39 is 6.03 Å². The molecule has 3 rings (SSSR count). The fourth-order valence-corrected chi connectivity index (χ4v) is 2.65. The van der Waals surface area contributed by atoms with Gasteiger partial charge in [-0.2, -0.15) is 0 Å². The van der Waals surface area contributed by atoms with Crippen LogP contribution in [0.2, 0.25) is 0 Å². The Labute approximate surface area is 146 Å². The van der Waals surface area contributed by atoms with E-state index >= 15 is 0 Å². The number of nitrogens with one attached hydrogen (secondary N) is 2. The maximum Gasteiger partial charge on any atom is 0.319 e. The Morgan fingerprint density at radius 1 is 1.24 bits per heavy atom. The van der Waals surface area contributed by atoms with E-state index in [-0.39, 0.29) is 23.3 Å². The number of hydrogen-bond donors (Lipinski definition) is 3. The standard InChI is InChI=1S/C19H23N3O3/c1-14-4-6-15(7-5-14)11-22-10-2-3-16(17(22)24)21-18(25)20-12-19(13-23)8-9-19/h2-7,10,23H,8-9,11-13H2,1H3,(H2,20,21,25). The lowest BCUT2D eigenvalue weighted by Crippen LogP contribution is -2.37. The summed E-state index contributed by atoms with van der Waals surface area (Å²) in [7, 11) is 0. The van der Waals surface area contributed by atoms with E-state index in [0.717, 1.165) is 18.4 Å². The Kier molecular flexibility index (Phi) is 4.90. The smallest absolute Gasteiger partial charge is 0.319 e. The average molecular weight is 341 g/mol. The SMILES string of the molecule is Cc1ccc(Cn2cccc(NC(=O)NCC3(CO)CC3)c2=O)cc1. The summed E-state index contributed by atoms with van der Waals surface area (Å²) in [5.74, 6) is 0. The third-order valence-corrected chi connectivity index (χ3v) is 4.66. The minimum Gasteiger partial charge on any atom is -0.396 e. The van der Waals surface area contributed by atoms with Gasteiger partial charge in [0.1, 0.15) is 5.69 Å². The van der Waals surface area contributed by atoms with Crippen LogP contribution in [0.1, 0.15) is 24.0 Å².